The molecule has 0 aliphatic rings. The molecule has 0 fully saturated rings. The second kappa shape index (κ2) is 6.13. The standard InChI is InChI=1S/C9H9ClFNO6S/c1-17-2-3-18-8-4-6(11)9(19(10,15)16)5-7(8)12(13)14/h4-5H,2-3H2,1H3. The normalized spacial score (nSPS) is 11.3. The number of nitro groups is 1. The molecule has 0 saturated heterocycles. The number of hydrogen-bond acceptors (Lipinski definition) is 6. The van der Waals surface area contributed by atoms with E-state index >= 15 is 0 Å². The van der Waals surface area contributed by atoms with Crippen molar-refractivity contribution >= 4 is 25.4 Å². The molecule has 0 aliphatic carbocycles. The van der Waals surface area contributed by atoms with E-state index < -0.39 is 36.1 Å². The first kappa shape index (κ1) is 15.6. The summed E-state index contributed by atoms with van der Waals surface area (Å²) in [4.78, 5) is 8.91. The minimum absolute atomic E-state index is 0.0518. The number of halogens is 2. The fourth-order valence-corrected chi connectivity index (χ4v) is 2.10. The van der Waals surface area contributed by atoms with Crippen molar-refractivity contribution in [2.45, 2.75) is 4.90 Å². The molecule has 1 aromatic carbocycles. The predicted molar refractivity (Wildman–Crippen MR) is 63.5 cm³/mol. The second-order valence-corrected chi connectivity index (χ2v) is 5.82. The lowest BCUT2D eigenvalue weighted by Crippen LogP contribution is -2.07. The molecule has 10 heteroatoms. The van der Waals surface area contributed by atoms with Crippen LogP contribution in [0.2, 0.25) is 0 Å². The zero-order valence-electron chi connectivity index (χ0n) is 9.63. The van der Waals surface area contributed by atoms with Crippen molar-refractivity contribution in [2.24, 2.45) is 0 Å². The monoisotopic (exact) mass is 313 g/mol. The Hall–Kier alpha value is -1.45. The van der Waals surface area contributed by atoms with E-state index in [-0.39, 0.29) is 13.2 Å². The average molecular weight is 314 g/mol. The summed E-state index contributed by atoms with van der Waals surface area (Å²) < 4.78 is 45.2. The van der Waals surface area contributed by atoms with Gasteiger partial charge in [0.15, 0.2) is 5.75 Å². The van der Waals surface area contributed by atoms with Crippen LogP contribution in [-0.2, 0) is 13.8 Å². The lowest BCUT2D eigenvalue weighted by atomic mass is 10.3. The lowest BCUT2D eigenvalue weighted by Gasteiger charge is -2.07. The van der Waals surface area contributed by atoms with Gasteiger partial charge in [0.1, 0.15) is 17.3 Å². The van der Waals surface area contributed by atoms with Crippen molar-refractivity contribution in [1.29, 1.82) is 0 Å². The Morgan fingerprint density at radius 2 is 2.05 bits per heavy atom. The van der Waals surface area contributed by atoms with Crippen LogP contribution in [0.4, 0.5) is 10.1 Å². The molecule has 0 amide bonds. The molecule has 0 N–H and O–H groups in total. The third-order valence-corrected chi connectivity index (χ3v) is 3.35. The number of hydrogen-bond donors (Lipinski definition) is 0. The smallest absolute Gasteiger partial charge is 0.312 e. The van der Waals surface area contributed by atoms with Crippen LogP contribution < -0.4 is 4.74 Å². The summed E-state index contributed by atoms with van der Waals surface area (Å²) in [5.41, 5.74) is -0.697. The quantitative estimate of drug-likeness (QED) is 0.343. The van der Waals surface area contributed by atoms with E-state index in [0.717, 1.165) is 0 Å². The van der Waals surface area contributed by atoms with Crippen molar-refractivity contribution in [3.05, 3.63) is 28.1 Å². The van der Waals surface area contributed by atoms with Gasteiger partial charge >= 0.3 is 5.69 Å². The molecular formula is C9H9ClFNO6S. The van der Waals surface area contributed by atoms with Gasteiger partial charge in [-0.05, 0) is 0 Å². The summed E-state index contributed by atoms with van der Waals surface area (Å²) in [5.74, 6) is -1.63. The molecular weight excluding hydrogens is 305 g/mol. The molecule has 7 nitrogen and oxygen atoms in total. The lowest BCUT2D eigenvalue weighted by molar-refractivity contribution is -0.386. The first-order valence-electron chi connectivity index (χ1n) is 4.81. The zero-order chi connectivity index (χ0) is 14.6. The summed E-state index contributed by atoms with van der Waals surface area (Å²) in [6.07, 6.45) is 0. The Bertz CT molecular complexity index is 591. The molecule has 106 valence electrons. The molecule has 0 saturated carbocycles. The summed E-state index contributed by atoms with van der Waals surface area (Å²) in [6.45, 7) is 0.0814. The van der Waals surface area contributed by atoms with Gasteiger partial charge in [-0.15, -0.1) is 0 Å². The van der Waals surface area contributed by atoms with Crippen LogP contribution in [-0.4, -0.2) is 33.7 Å². The average Bonchev–Trinajstić information content (AvgIpc) is 2.27. The second-order valence-electron chi connectivity index (χ2n) is 3.29. The molecule has 0 atom stereocenters. The Morgan fingerprint density at radius 1 is 1.42 bits per heavy atom. The SMILES string of the molecule is COCCOc1cc(F)c(S(=O)(=O)Cl)cc1[N+](=O)[O-]. The van der Waals surface area contributed by atoms with Crippen LogP contribution in [0.5, 0.6) is 5.75 Å². The Labute approximate surface area is 112 Å². The number of ether oxygens (including phenoxy) is 2. The summed E-state index contributed by atoms with van der Waals surface area (Å²) >= 11 is 0. The van der Waals surface area contributed by atoms with Crippen LogP contribution in [0.1, 0.15) is 0 Å². The molecule has 0 aliphatic heterocycles. The molecule has 1 aromatic rings. The van der Waals surface area contributed by atoms with E-state index in [0.29, 0.717) is 12.1 Å². The van der Waals surface area contributed by atoms with Gasteiger partial charge in [0, 0.05) is 29.9 Å². The molecule has 0 aromatic heterocycles. The molecule has 1 rings (SSSR count). The molecule has 0 radical (unpaired) electrons. The van der Waals surface area contributed by atoms with E-state index in [4.69, 9.17) is 15.4 Å². The number of nitrogens with zero attached hydrogens (tertiary/aromatic N) is 1. The highest BCUT2D eigenvalue weighted by Gasteiger charge is 2.25. The third kappa shape index (κ3) is 4.01. The minimum Gasteiger partial charge on any atom is -0.484 e. The predicted octanol–water partition coefficient (Wildman–Crippen LogP) is 1.69. The maximum atomic E-state index is 13.5. The minimum atomic E-state index is -4.42. The van der Waals surface area contributed by atoms with E-state index in [9.17, 15) is 22.9 Å². The highest BCUT2D eigenvalue weighted by molar-refractivity contribution is 8.13. The van der Waals surface area contributed by atoms with Crippen LogP contribution in [0.25, 0.3) is 0 Å². The maximum absolute atomic E-state index is 13.5. The molecule has 0 unspecified atom stereocenters. The van der Waals surface area contributed by atoms with Gasteiger partial charge in [0.25, 0.3) is 9.05 Å². The van der Waals surface area contributed by atoms with Gasteiger partial charge in [0.2, 0.25) is 0 Å². The van der Waals surface area contributed by atoms with Crippen LogP contribution in [0, 0.1) is 15.9 Å². The number of methoxy groups -OCH3 is 1. The fourth-order valence-electron chi connectivity index (χ4n) is 1.20. The third-order valence-electron chi connectivity index (χ3n) is 2.02. The van der Waals surface area contributed by atoms with Gasteiger partial charge < -0.3 is 9.47 Å². The number of rotatable bonds is 6. The Kier molecular flexibility index (Phi) is 5.04. The summed E-state index contributed by atoms with van der Waals surface area (Å²) in [6, 6.07) is 1.11. The topological polar surface area (TPSA) is 95.7 Å². The van der Waals surface area contributed by atoms with Crippen molar-refractivity contribution in [2.75, 3.05) is 20.3 Å². The zero-order valence-corrected chi connectivity index (χ0v) is 11.2. The number of nitro benzene ring substituents is 1. The largest absolute Gasteiger partial charge is 0.484 e. The van der Waals surface area contributed by atoms with Gasteiger partial charge in [-0.1, -0.05) is 0 Å². The highest BCUT2D eigenvalue weighted by atomic mass is 35.7. The highest BCUT2D eigenvalue weighted by Crippen LogP contribution is 2.33. The van der Waals surface area contributed by atoms with Crippen molar-refractivity contribution in [3.8, 4) is 5.75 Å². The first-order valence-corrected chi connectivity index (χ1v) is 7.12. The molecule has 0 spiro atoms. The van der Waals surface area contributed by atoms with E-state index in [1.165, 1.54) is 7.11 Å². The fraction of sp³-hybridized carbons (Fsp3) is 0.333. The van der Waals surface area contributed by atoms with Crippen molar-refractivity contribution < 1.29 is 27.2 Å². The van der Waals surface area contributed by atoms with Gasteiger partial charge in [-0.3, -0.25) is 10.1 Å². The molecule has 19 heavy (non-hydrogen) atoms. The summed E-state index contributed by atoms with van der Waals surface area (Å²) in [5, 5.41) is 10.8. The van der Waals surface area contributed by atoms with Crippen molar-refractivity contribution in [3.63, 3.8) is 0 Å². The maximum Gasteiger partial charge on any atom is 0.312 e. The van der Waals surface area contributed by atoms with E-state index in [1.807, 2.05) is 0 Å². The Morgan fingerprint density at radius 3 is 2.53 bits per heavy atom. The molecule has 0 bridgehead atoms. The van der Waals surface area contributed by atoms with Gasteiger partial charge in [0.05, 0.1) is 11.5 Å². The van der Waals surface area contributed by atoms with E-state index in [2.05, 4.69) is 4.74 Å². The van der Waals surface area contributed by atoms with Gasteiger partial charge in [-0.2, -0.15) is 0 Å². The molecule has 0 heterocycles. The van der Waals surface area contributed by atoms with E-state index in [1.54, 1.807) is 0 Å². The van der Waals surface area contributed by atoms with Crippen LogP contribution in [0.15, 0.2) is 17.0 Å². The Balaban J connectivity index is 3.26. The van der Waals surface area contributed by atoms with Gasteiger partial charge in [-0.25, -0.2) is 12.8 Å². The van der Waals surface area contributed by atoms with Crippen LogP contribution >= 0.6 is 10.7 Å². The summed E-state index contributed by atoms with van der Waals surface area (Å²) in [7, 11) is 1.94. The number of benzene rings is 1. The van der Waals surface area contributed by atoms with Crippen LogP contribution in [0.3, 0.4) is 0 Å². The first-order chi connectivity index (χ1) is 8.77. The van der Waals surface area contributed by atoms with Crippen molar-refractivity contribution in [1.82, 2.24) is 0 Å².